The molecule has 1 aliphatic rings. The first-order valence-electron chi connectivity index (χ1n) is 9.33. The van der Waals surface area contributed by atoms with Gasteiger partial charge in [-0.3, -0.25) is 13.9 Å². The maximum atomic E-state index is 13.1. The lowest BCUT2D eigenvalue weighted by Gasteiger charge is -2.13. The molecule has 152 valence electrons. The maximum absolute atomic E-state index is 13.1. The van der Waals surface area contributed by atoms with Crippen LogP contribution in [0.3, 0.4) is 0 Å². The molecule has 0 aromatic carbocycles. The Kier molecular flexibility index (Phi) is 6.20. The van der Waals surface area contributed by atoms with E-state index in [1.165, 1.54) is 11.5 Å². The first kappa shape index (κ1) is 20.8. The molecular formula is C21H22N2O5S. The van der Waals surface area contributed by atoms with Crippen LogP contribution in [0.1, 0.15) is 35.5 Å². The summed E-state index contributed by atoms with van der Waals surface area (Å²) in [6, 6.07) is 0. The number of allylic oxidation sites excluding steroid dienone is 4. The molecule has 0 bridgehead atoms. The molecule has 2 heterocycles. The van der Waals surface area contributed by atoms with E-state index < -0.39 is 23.3 Å². The van der Waals surface area contributed by atoms with Gasteiger partial charge < -0.3 is 9.84 Å². The molecule has 0 spiro atoms. The zero-order chi connectivity index (χ0) is 21.1. The van der Waals surface area contributed by atoms with Gasteiger partial charge in [0.15, 0.2) is 0 Å². The number of esters is 1. The summed E-state index contributed by atoms with van der Waals surface area (Å²) in [5.74, 6) is -0.514. The first-order chi connectivity index (χ1) is 13.8. The quantitative estimate of drug-likeness (QED) is 0.555. The number of hydrogen-bond donors (Lipinski definition) is 1. The molecule has 3 rings (SSSR count). The molecule has 1 atom stereocenters. The molecule has 1 unspecified atom stereocenters. The second-order valence-corrected chi connectivity index (χ2v) is 7.75. The van der Waals surface area contributed by atoms with Crippen molar-refractivity contribution < 1.29 is 14.6 Å². The third kappa shape index (κ3) is 4.11. The van der Waals surface area contributed by atoms with E-state index in [2.05, 4.69) is 11.5 Å². The van der Waals surface area contributed by atoms with Crippen LogP contribution in [-0.4, -0.2) is 32.9 Å². The van der Waals surface area contributed by atoms with E-state index in [1.807, 2.05) is 6.08 Å². The lowest BCUT2D eigenvalue weighted by molar-refractivity contribution is 0.0531. The minimum Gasteiger partial charge on any atom is -0.462 e. The molecule has 2 aromatic heterocycles. The number of aryl methyl sites for hydroxylation is 2. The average Bonchev–Trinajstić information content (AvgIpc) is 3.03. The zero-order valence-electron chi connectivity index (χ0n) is 16.5. The lowest BCUT2D eigenvalue weighted by atomic mass is 10.1. The number of aliphatic hydroxyl groups is 1. The topological polar surface area (TPSA) is 90.5 Å². The summed E-state index contributed by atoms with van der Waals surface area (Å²) in [7, 11) is 0. The van der Waals surface area contributed by atoms with Crippen LogP contribution >= 0.6 is 11.3 Å². The monoisotopic (exact) mass is 414 g/mol. The Morgan fingerprint density at radius 3 is 2.69 bits per heavy atom. The van der Waals surface area contributed by atoms with Crippen LogP contribution in [-0.2, 0) is 17.8 Å². The summed E-state index contributed by atoms with van der Waals surface area (Å²) in [6.07, 6.45) is 5.09. The first-order valence-corrected chi connectivity index (χ1v) is 10.1. The molecule has 8 heteroatoms. The van der Waals surface area contributed by atoms with Gasteiger partial charge in [0.05, 0.1) is 24.6 Å². The Bertz CT molecular complexity index is 1210. The van der Waals surface area contributed by atoms with Crippen LogP contribution < -0.4 is 11.2 Å². The van der Waals surface area contributed by atoms with Gasteiger partial charge in [0.2, 0.25) is 0 Å². The van der Waals surface area contributed by atoms with Crippen LogP contribution in [0.4, 0.5) is 0 Å². The standard InChI is InChI=1S/C21H22N2O5S/c1-4-28-20(26)17-14(3)16-18(25)23(12-13(2)24)21(27)22(19(16)29-17)11-10-15-8-6-5-7-9-15/h6,8-9,13,24H,4,10-12H2,1-3H3. The molecule has 2 aromatic rings. The number of carbonyl (C=O) groups excluding carboxylic acids is 1. The van der Waals surface area contributed by atoms with Gasteiger partial charge in [0, 0.05) is 6.54 Å². The summed E-state index contributed by atoms with van der Waals surface area (Å²) in [5.41, 5.74) is 6.15. The van der Waals surface area contributed by atoms with Gasteiger partial charge in [-0.15, -0.1) is 11.3 Å². The molecule has 0 saturated heterocycles. The minimum absolute atomic E-state index is 0.119. The van der Waals surface area contributed by atoms with E-state index in [9.17, 15) is 19.5 Å². The summed E-state index contributed by atoms with van der Waals surface area (Å²) in [4.78, 5) is 39.2. The van der Waals surface area contributed by atoms with Gasteiger partial charge in [-0.1, -0.05) is 11.5 Å². The highest BCUT2D eigenvalue weighted by molar-refractivity contribution is 7.20. The van der Waals surface area contributed by atoms with E-state index in [4.69, 9.17) is 4.74 Å². The zero-order valence-corrected chi connectivity index (χ0v) is 17.3. The van der Waals surface area contributed by atoms with Crippen LogP contribution in [0.25, 0.3) is 10.2 Å². The van der Waals surface area contributed by atoms with Crippen molar-refractivity contribution in [3.63, 3.8) is 0 Å². The van der Waals surface area contributed by atoms with Crippen molar-refractivity contribution in [2.75, 3.05) is 6.61 Å². The molecule has 7 nitrogen and oxygen atoms in total. The average molecular weight is 414 g/mol. The number of nitrogens with zero attached hydrogens (tertiary/aromatic N) is 2. The number of carbonyl (C=O) groups is 1. The third-order valence-corrected chi connectivity index (χ3v) is 5.84. The molecule has 0 amide bonds. The van der Waals surface area contributed by atoms with Crippen molar-refractivity contribution in [2.24, 2.45) is 0 Å². The Labute approximate surface area is 171 Å². The van der Waals surface area contributed by atoms with Gasteiger partial charge in [-0.05, 0) is 56.6 Å². The van der Waals surface area contributed by atoms with E-state index in [0.717, 1.165) is 21.5 Å². The van der Waals surface area contributed by atoms with Crippen molar-refractivity contribution in [3.05, 3.63) is 66.5 Å². The molecule has 0 fully saturated rings. The number of aromatic nitrogens is 2. The van der Waals surface area contributed by atoms with Crippen molar-refractivity contribution in [1.29, 1.82) is 0 Å². The fourth-order valence-corrected chi connectivity index (χ4v) is 4.40. The smallest absolute Gasteiger partial charge is 0.348 e. The van der Waals surface area contributed by atoms with Gasteiger partial charge in [-0.25, -0.2) is 9.59 Å². The second-order valence-electron chi connectivity index (χ2n) is 6.75. The van der Waals surface area contributed by atoms with Crippen molar-refractivity contribution in [1.82, 2.24) is 9.13 Å². The predicted octanol–water partition coefficient (Wildman–Crippen LogP) is 2.29. The normalized spacial score (nSPS) is 13.7. The molecule has 0 aliphatic heterocycles. The predicted molar refractivity (Wildman–Crippen MR) is 112 cm³/mol. The van der Waals surface area contributed by atoms with Gasteiger partial charge in [-0.2, -0.15) is 0 Å². The van der Waals surface area contributed by atoms with Crippen LogP contribution in [0, 0.1) is 6.92 Å². The van der Waals surface area contributed by atoms with Crippen LogP contribution in [0.5, 0.6) is 0 Å². The highest BCUT2D eigenvalue weighted by atomic mass is 32.1. The third-order valence-electron chi connectivity index (χ3n) is 4.55. The number of thiophene rings is 1. The van der Waals surface area contributed by atoms with Crippen molar-refractivity contribution >= 4 is 27.5 Å². The summed E-state index contributed by atoms with van der Waals surface area (Å²) in [5, 5.41) is 10.1. The van der Waals surface area contributed by atoms with E-state index in [0.29, 0.717) is 33.6 Å². The van der Waals surface area contributed by atoms with Crippen LogP contribution in [0.15, 0.2) is 44.9 Å². The second kappa shape index (κ2) is 8.64. The molecule has 29 heavy (non-hydrogen) atoms. The Balaban J connectivity index is 2.19. The number of ether oxygens (including phenoxy) is 1. The van der Waals surface area contributed by atoms with Crippen molar-refractivity contribution in [2.45, 2.75) is 46.4 Å². The molecule has 0 radical (unpaired) electrons. The lowest BCUT2D eigenvalue weighted by Crippen LogP contribution is -2.42. The molecule has 1 aliphatic carbocycles. The molecule has 1 N–H and O–H groups in total. The Hall–Kier alpha value is -2.89. The largest absolute Gasteiger partial charge is 0.462 e. The molecule has 0 saturated carbocycles. The van der Waals surface area contributed by atoms with Gasteiger partial charge in [0.25, 0.3) is 5.56 Å². The van der Waals surface area contributed by atoms with E-state index >= 15 is 0 Å². The fourth-order valence-electron chi connectivity index (χ4n) is 3.18. The van der Waals surface area contributed by atoms with E-state index in [-0.39, 0.29) is 13.2 Å². The summed E-state index contributed by atoms with van der Waals surface area (Å²) in [6.45, 7) is 5.31. The van der Waals surface area contributed by atoms with Gasteiger partial charge in [0.1, 0.15) is 9.71 Å². The SMILES string of the molecule is CCOC(=O)c1sc2c(c1C)c(=O)n(CC(C)O)c(=O)n2CCC1=CC=C=C=C1. The number of rotatable bonds is 7. The number of aliphatic hydroxyl groups excluding tert-OH is 1. The highest BCUT2D eigenvalue weighted by Gasteiger charge is 2.24. The highest BCUT2D eigenvalue weighted by Crippen LogP contribution is 2.29. The maximum Gasteiger partial charge on any atom is 0.348 e. The summed E-state index contributed by atoms with van der Waals surface area (Å²) < 4.78 is 7.63. The Morgan fingerprint density at radius 1 is 1.31 bits per heavy atom. The van der Waals surface area contributed by atoms with Crippen LogP contribution in [0.2, 0.25) is 0 Å². The van der Waals surface area contributed by atoms with Gasteiger partial charge >= 0.3 is 11.7 Å². The number of hydrogen-bond acceptors (Lipinski definition) is 6. The summed E-state index contributed by atoms with van der Waals surface area (Å²) >= 11 is 1.09. The Morgan fingerprint density at radius 2 is 2.07 bits per heavy atom. The molecular weight excluding hydrogens is 392 g/mol. The fraction of sp³-hybridized carbons (Fsp3) is 0.381. The van der Waals surface area contributed by atoms with Crippen molar-refractivity contribution in [3.8, 4) is 0 Å². The number of fused-ring (bicyclic) bond motifs is 1. The minimum atomic E-state index is -0.867. The van der Waals surface area contributed by atoms with E-state index in [1.54, 1.807) is 26.0 Å².